The molecular formula is C59H41NO. The van der Waals surface area contributed by atoms with Crippen LogP contribution in [0.25, 0.3) is 88.0 Å². The summed E-state index contributed by atoms with van der Waals surface area (Å²) in [6, 6.07) is 77.5. The van der Waals surface area contributed by atoms with Gasteiger partial charge in [0, 0.05) is 33.0 Å². The van der Waals surface area contributed by atoms with E-state index in [9.17, 15) is 0 Å². The zero-order chi connectivity index (χ0) is 40.7. The molecule has 0 saturated heterocycles. The molecule has 0 aliphatic heterocycles. The smallest absolute Gasteiger partial charge is 0.136 e. The standard InChI is InChI=1S/C59H41NO/c1-59(2)51-23-9-7-21-49(51)58-52(59)24-13-26-54(58)60(46-32-30-39(31-33-46)41-18-11-19-42(34-41)45-29-28-38-14-3-4-15-40(38)35-45)53-25-10-8-20-47(53)48-22-12-27-55-57(48)50-36-43-16-5-6-17-44(43)37-56(50)61-55/h3-37H,1-2H3. The molecule has 1 aliphatic carbocycles. The maximum Gasteiger partial charge on any atom is 0.136 e. The zero-order valence-electron chi connectivity index (χ0n) is 34.1. The largest absolute Gasteiger partial charge is 0.456 e. The first-order valence-electron chi connectivity index (χ1n) is 21.2. The Bertz CT molecular complexity index is 3520. The van der Waals surface area contributed by atoms with E-state index in [1.807, 2.05) is 0 Å². The predicted molar refractivity (Wildman–Crippen MR) is 257 cm³/mol. The Morgan fingerprint density at radius 2 is 0.951 bits per heavy atom. The number of anilines is 3. The fraction of sp³-hybridized carbons (Fsp3) is 0.0508. The number of para-hydroxylation sites is 1. The minimum absolute atomic E-state index is 0.142. The van der Waals surface area contributed by atoms with Gasteiger partial charge in [0.1, 0.15) is 11.2 Å². The van der Waals surface area contributed by atoms with E-state index in [2.05, 4.69) is 231 Å². The highest BCUT2D eigenvalue weighted by atomic mass is 16.3. The highest BCUT2D eigenvalue weighted by Crippen LogP contribution is 2.55. The van der Waals surface area contributed by atoms with Crippen LogP contribution in [0.1, 0.15) is 25.0 Å². The third-order valence-electron chi connectivity index (χ3n) is 13.0. The molecule has 11 aromatic rings. The summed E-state index contributed by atoms with van der Waals surface area (Å²) in [7, 11) is 0. The molecule has 288 valence electrons. The lowest BCUT2D eigenvalue weighted by atomic mass is 9.82. The number of rotatable bonds is 6. The summed E-state index contributed by atoms with van der Waals surface area (Å²) in [5.74, 6) is 0. The third-order valence-corrected chi connectivity index (χ3v) is 13.0. The Balaban J connectivity index is 1.04. The first kappa shape index (κ1) is 35.3. The molecule has 0 saturated carbocycles. The van der Waals surface area contributed by atoms with Crippen molar-refractivity contribution in [3.63, 3.8) is 0 Å². The maximum absolute atomic E-state index is 6.61. The Labute approximate surface area is 355 Å². The Morgan fingerprint density at radius 3 is 1.77 bits per heavy atom. The van der Waals surface area contributed by atoms with E-state index in [0.29, 0.717) is 0 Å². The molecule has 2 heteroatoms. The summed E-state index contributed by atoms with van der Waals surface area (Å²) in [5, 5.41) is 7.13. The molecule has 0 N–H and O–H groups in total. The molecule has 0 spiro atoms. The van der Waals surface area contributed by atoms with Crippen molar-refractivity contribution in [3.05, 3.63) is 223 Å². The number of nitrogens with zero attached hydrogens (tertiary/aromatic N) is 1. The molecule has 1 heterocycles. The van der Waals surface area contributed by atoms with E-state index in [-0.39, 0.29) is 5.41 Å². The van der Waals surface area contributed by atoms with Gasteiger partial charge in [-0.05, 0) is 121 Å². The first-order valence-corrected chi connectivity index (χ1v) is 21.2. The van der Waals surface area contributed by atoms with Crippen LogP contribution >= 0.6 is 0 Å². The van der Waals surface area contributed by atoms with Crippen LogP contribution in [-0.4, -0.2) is 0 Å². The number of furan rings is 1. The molecule has 0 unspecified atom stereocenters. The monoisotopic (exact) mass is 779 g/mol. The zero-order valence-corrected chi connectivity index (χ0v) is 34.1. The summed E-state index contributed by atoms with van der Waals surface area (Å²) in [5.41, 5.74) is 17.3. The molecule has 1 aromatic heterocycles. The Kier molecular flexibility index (Phi) is 7.92. The quantitative estimate of drug-likeness (QED) is 0.167. The van der Waals surface area contributed by atoms with E-state index in [0.717, 1.165) is 50.1 Å². The second kappa shape index (κ2) is 13.7. The maximum atomic E-state index is 6.61. The first-order chi connectivity index (χ1) is 30.0. The van der Waals surface area contributed by atoms with Crippen molar-refractivity contribution in [3.8, 4) is 44.5 Å². The minimum atomic E-state index is -0.142. The van der Waals surface area contributed by atoms with E-state index >= 15 is 0 Å². The van der Waals surface area contributed by atoms with Crippen molar-refractivity contribution < 1.29 is 4.42 Å². The second-order valence-corrected chi connectivity index (χ2v) is 16.9. The highest BCUT2D eigenvalue weighted by molar-refractivity contribution is 6.17. The summed E-state index contributed by atoms with van der Waals surface area (Å²) in [6.45, 7) is 4.71. The summed E-state index contributed by atoms with van der Waals surface area (Å²) < 4.78 is 6.61. The predicted octanol–water partition coefficient (Wildman–Crippen LogP) is 16.7. The second-order valence-electron chi connectivity index (χ2n) is 16.9. The van der Waals surface area contributed by atoms with Crippen LogP contribution in [0.5, 0.6) is 0 Å². The highest BCUT2D eigenvalue weighted by Gasteiger charge is 2.38. The number of fused-ring (bicyclic) bond motifs is 8. The van der Waals surface area contributed by atoms with Crippen LogP contribution < -0.4 is 4.90 Å². The average molecular weight is 780 g/mol. The van der Waals surface area contributed by atoms with Crippen molar-refractivity contribution in [2.45, 2.75) is 19.3 Å². The minimum Gasteiger partial charge on any atom is -0.456 e. The van der Waals surface area contributed by atoms with Gasteiger partial charge in [0.05, 0.1) is 11.4 Å². The number of hydrogen-bond acceptors (Lipinski definition) is 2. The van der Waals surface area contributed by atoms with Gasteiger partial charge in [-0.25, -0.2) is 0 Å². The summed E-state index contributed by atoms with van der Waals surface area (Å²) in [6.07, 6.45) is 0. The third kappa shape index (κ3) is 5.64. The van der Waals surface area contributed by atoms with Crippen molar-refractivity contribution in [2.75, 3.05) is 4.90 Å². The van der Waals surface area contributed by atoms with Crippen molar-refractivity contribution in [2.24, 2.45) is 0 Å². The van der Waals surface area contributed by atoms with Gasteiger partial charge in [0.2, 0.25) is 0 Å². The lowest BCUT2D eigenvalue weighted by Crippen LogP contribution is -2.16. The molecule has 0 amide bonds. The van der Waals surface area contributed by atoms with Gasteiger partial charge in [0.25, 0.3) is 0 Å². The topological polar surface area (TPSA) is 16.4 Å². The lowest BCUT2D eigenvalue weighted by molar-refractivity contribution is 0.660. The summed E-state index contributed by atoms with van der Waals surface area (Å²) >= 11 is 0. The van der Waals surface area contributed by atoms with Crippen LogP contribution in [0.4, 0.5) is 17.1 Å². The van der Waals surface area contributed by atoms with Gasteiger partial charge >= 0.3 is 0 Å². The van der Waals surface area contributed by atoms with Crippen LogP contribution in [0.3, 0.4) is 0 Å². The van der Waals surface area contributed by atoms with Gasteiger partial charge in [-0.15, -0.1) is 0 Å². The van der Waals surface area contributed by atoms with Crippen LogP contribution in [0, 0.1) is 0 Å². The fourth-order valence-electron chi connectivity index (χ4n) is 10.0. The van der Waals surface area contributed by atoms with Gasteiger partial charge in [-0.1, -0.05) is 172 Å². The van der Waals surface area contributed by atoms with Gasteiger partial charge in [0.15, 0.2) is 0 Å². The summed E-state index contributed by atoms with van der Waals surface area (Å²) in [4.78, 5) is 2.48. The molecule has 10 aromatic carbocycles. The Morgan fingerprint density at radius 1 is 0.377 bits per heavy atom. The molecule has 61 heavy (non-hydrogen) atoms. The van der Waals surface area contributed by atoms with Crippen molar-refractivity contribution in [1.82, 2.24) is 0 Å². The average Bonchev–Trinajstić information content (AvgIpc) is 3.80. The molecule has 0 radical (unpaired) electrons. The van der Waals surface area contributed by atoms with Crippen LogP contribution in [0.15, 0.2) is 217 Å². The van der Waals surface area contributed by atoms with Crippen LogP contribution in [0.2, 0.25) is 0 Å². The van der Waals surface area contributed by atoms with E-state index < -0.39 is 0 Å². The normalized spacial score (nSPS) is 12.9. The lowest BCUT2D eigenvalue weighted by Gasteiger charge is -2.30. The number of benzene rings is 10. The van der Waals surface area contributed by atoms with E-state index in [1.165, 1.54) is 66.1 Å². The van der Waals surface area contributed by atoms with Crippen LogP contribution in [-0.2, 0) is 5.41 Å². The van der Waals surface area contributed by atoms with Crippen molar-refractivity contribution in [1.29, 1.82) is 0 Å². The number of hydrogen-bond donors (Lipinski definition) is 0. The van der Waals surface area contributed by atoms with Gasteiger partial charge in [-0.3, -0.25) is 0 Å². The fourth-order valence-corrected chi connectivity index (χ4v) is 10.0. The molecule has 0 fully saturated rings. The van der Waals surface area contributed by atoms with Gasteiger partial charge in [-0.2, -0.15) is 0 Å². The molecule has 0 atom stereocenters. The molecule has 12 rings (SSSR count). The van der Waals surface area contributed by atoms with E-state index in [4.69, 9.17) is 4.42 Å². The molecular weight excluding hydrogens is 739 g/mol. The molecule has 0 bridgehead atoms. The van der Waals surface area contributed by atoms with Gasteiger partial charge < -0.3 is 9.32 Å². The SMILES string of the molecule is CC1(C)c2ccccc2-c2c(N(c3ccc(-c4cccc(-c5ccc6ccccc6c5)c4)cc3)c3ccccc3-c3cccc4oc5cc6ccccc6cc5c34)cccc21. The molecule has 1 aliphatic rings. The molecule has 2 nitrogen and oxygen atoms in total. The van der Waals surface area contributed by atoms with E-state index in [1.54, 1.807) is 0 Å². The van der Waals surface area contributed by atoms with Crippen molar-refractivity contribution >= 4 is 60.5 Å². The Hall–Kier alpha value is -7.68.